The molecular formula is C24H31F2N5O2. The Morgan fingerprint density at radius 1 is 1.21 bits per heavy atom. The van der Waals surface area contributed by atoms with Crippen LogP contribution in [0.4, 0.5) is 13.6 Å². The Morgan fingerprint density at radius 3 is 2.79 bits per heavy atom. The minimum Gasteiger partial charge on any atom is -0.450 e. The molecule has 1 aliphatic carbocycles. The van der Waals surface area contributed by atoms with Crippen LogP contribution in [-0.2, 0) is 11.3 Å². The van der Waals surface area contributed by atoms with Gasteiger partial charge in [0.15, 0.2) is 0 Å². The number of alkyl halides is 2. The van der Waals surface area contributed by atoms with Crippen LogP contribution in [0.3, 0.4) is 0 Å². The summed E-state index contributed by atoms with van der Waals surface area (Å²) in [6.07, 6.45) is 8.56. The summed E-state index contributed by atoms with van der Waals surface area (Å²) in [5.41, 5.74) is 2.59. The fourth-order valence-electron chi connectivity index (χ4n) is 4.36. The van der Waals surface area contributed by atoms with E-state index < -0.39 is 13.0 Å². The van der Waals surface area contributed by atoms with Crippen LogP contribution in [-0.4, -0.2) is 45.2 Å². The Morgan fingerprint density at radius 2 is 2.03 bits per heavy atom. The van der Waals surface area contributed by atoms with Crippen LogP contribution in [0.25, 0.3) is 22.0 Å². The molecule has 1 saturated carbocycles. The van der Waals surface area contributed by atoms with Crippen LogP contribution in [0.15, 0.2) is 36.8 Å². The molecule has 178 valence electrons. The number of aromatic nitrogens is 4. The molecule has 1 amide bonds. The SMILES string of the molecule is CCCCOC(=O)NCC1CCC(n2cc3ccc(-c4cnn(CC(F)F)c4)cc3n2)CC1. The first kappa shape index (κ1) is 23.2. The van der Waals surface area contributed by atoms with E-state index in [2.05, 4.69) is 28.2 Å². The van der Waals surface area contributed by atoms with Crippen molar-refractivity contribution in [1.82, 2.24) is 24.9 Å². The Balaban J connectivity index is 1.32. The van der Waals surface area contributed by atoms with E-state index in [0.717, 1.165) is 60.6 Å². The lowest BCUT2D eigenvalue weighted by Gasteiger charge is -2.28. The van der Waals surface area contributed by atoms with Gasteiger partial charge in [0.05, 0.1) is 24.4 Å². The van der Waals surface area contributed by atoms with Gasteiger partial charge in [-0.05, 0) is 49.7 Å². The Hall–Kier alpha value is -2.97. The van der Waals surface area contributed by atoms with Gasteiger partial charge in [0.1, 0.15) is 6.54 Å². The number of halogens is 2. The number of carbonyl (C=O) groups is 1. The van der Waals surface area contributed by atoms with Crippen LogP contribution in [0.1, 0.15) is 51.5 Å². The highest BCUT2D eigenvalue weighted by molar-refractivity contribution is 5.83. The molecule has 0 bridgehead atoms. The number of rotatable bonds is 9. The second-order valence-corrected chi connectivity index (χ2v) is 8.77. The molecule has 3 aromatic rings. The number of alkyl carbamates (subject to hydrolysis) is 1. The third kappa shape index (κ3) is 6.09. The molecule has 4 rings (SSSR count). The molecular weight excluding hydrogens is 428 g/mol. The summed E-state index contributed by atoms with van der Waals surface area (Å²) >= 11 is 0. The van der Waals surface area contributed by atoms with E-state index in [1.165, 1.54) is 4.68 Å². The fraction of sp³-hybridized carbons (Fsp3) is 0.542. The minimum atomic E-state index is -2.43. The van der Waals surface area contributed by atoms with Crippen LogP contribution >= 0.6 is 0 Å². The molecule has 7 nitrogen and oxygen atoms in total. The first-order chi connectivity index (χ1) is 16.0. The van der Waals surface area contributed by atoms with Crippen molar-refractivity contribution in [3.8, 4) is 11.1 Å². The summed E-state index contributed by atoms with van der Waals surface area (Å²) in [5.74, 6) is 0.460. The monoisotopic (exact) mass is 459 g/mol. The third-order valence-corrected chi connectivity index (χ3v) is 6.27. The summed E-state index contributed by atoms with van der Waals surface area (Å²) in [5, 5.41) is 12.8. The quantitative estimate of drug-likeness (QED) is 0.434. The maximum absolute atomic E-state index is 12.6. The second-order valence-electron chi connectivity index (χ2n) is 8.77. The van der Waals surface area contributed by atoms with Crippen LogP contribution < -0.4 is 5.32 Å². The number of carbonyl (C=O) groups excluding carboxylic acids is 1. The summed E-state index contributed by atoms with van der Waals surface area (Å²) < 4.78 is 33.6. The summed E-state index contributed by atoms with van der Waals surface area (Å²) in [6.45, 7) is 2.79. The summed E-state index contributed by atoms with van der Waals surface area (Å²) in [7, 11) is 0. The van der Waals surface area contributed by atoms with Crippen LogP contribution in [0.5, 0.6) is 0 Å². The van der Waals surface area contributed by atoms with Gasteiger partial charge in [0.2, 0.25) is 0 Å². The highest BCUT2D eigenvalue weighted by atomic mass is 19.3. The molecule has 9 heteroatoms. The van der Waals surface area contributed by atoms with Gasteiger partial charge in [-0.3, -0.25) is 9.36 Å². The maximum Gasteiger partial charge on any atom is 0.407 e. The zero-order valence-electron chi connectivity index (χ0n) is 18.9. The Bertz CT molecular complexity index is 1060. The van der Waals surface area contributed by atoms with Crippen molar-refractivity contribution < 1.29 is 18.3 Å². The van der Waals surface area contributed by atoms with Gasteiger partial charge < -0.3 is 10.1 Å². The number of benzene rings is 1. The number of fused-ring (bicyclic) bond motifs is 1. The minimum absolute atomic E-state index is 0.320. The zero-order valence-corrected chi connectivity index (χ0v) is 18.9. The average Bonchev–Trinajstić information content (AvgIpc) is 3.44. The molecule has 1 N–H and O–H groups in total. The van der Waals surface area contributed by atoms with E-state index in [-0.39, 0.29) is 6.09 Å². The van der Waals surface area contributed by atoms with Crippen molar-refractivity contribution in [3.63, 3.8) is 0 Å². The normalized spacial score (nSPS) is 18.7. The highest BCUT2D eigenvalue weighted by Gasteiger charge is 2.23. The summed E-state index contributed by atoms with van der Waals surface area (Å²) in [4.78, 5) is 11.7. The lowest BCUT2D eigenvalue weighted by molar-refractivity contribution is 0.122. The average molecular weight is 460 g/mol. The van der Waals surface area contributed by atoms with E-state index in [0.29, 0.717) is 25.1 Å². The Labute approximate surface area is 192 Å². The predicted molar refractivity (Wildman–Crippen MR) is 122 cm³/mol. The number of ether oxygens (including phenoxy) is 1. The molecule has 0 spiro atoms. The molecule has 2 heterocycles. The number of unbranched alkanes of at least 4 members (excludes halogenated alkanes) is 1. The highest BCUT2D eigenvalue weighted by Crippen LogP contribution is 2.33. The number of amides is 1. The maximum atomic E-state index is 12.6. The fourth-order valence-corrected chi connectivity index (χ4v) is 4.36. The van der Waals surface area contributed by atoms with E-state index in [4.69, 9.17) is 9.84 Å². The second kappa shape index (κ2) is 10.8. The van der Waals surface area contributed by atoms with Gasteiger partial charge in [-0.2, -0.15) is 10.2 Å². The van der Waals surface area contributed by atoms with Crippen molar-refractivity contribution in [1.29, 1.82) is 0 Å². The van der Waals surface area contributed by atoms with Gasteiger partial charge in [-0.15, -0.1) is 0 Å². The van der Waals surface area contributed by atoms with Gasteiger partial charge in [-0.1, -0.05) is 25.5 Å². The van der Waals surface area contributed by atoms with Gasteiger partial charge in [-0.25, -0.2) is 13.6 Å². The third-order valence-electron chi connectivity index (χ3n) is 6.27. The standard InChI is InChI=1S/C24H31F2N5O2/c1-2-3-10-33-24(32)27-12-17-4-8-21(9-5-17)31-15-19-7-6-18(11-22(19)29-31)20-13-28-30(14-20)16-23(25)26/h6-7,11,13-15,17,21,23H,2-5,8-10,12,16H2,1H3,(H,27,32). The molecule has 1 aromatic carbocycles. The summed E-state index contributed by atoms with van der Waals surface area (Å²) in [6, 6.07) is 6.30. The largest absolute Gasteiger partial charge is 0.450 e. The first-order valence-corrected chi connectivity index (χ1v) is 11.7. The van der Waals surface area contributed by atoms with Crippen LogP contribution in [0.2, 0.25) is 0 Å². The molecule has 33 heavy (non-hydrogen) atoms. The number of hydrogen-bond acceptors (Lipinski definition) is 4. The number of hydrogen-bond donors (Lipinski definition) is 1. The molecule has 1 fully saturated rings. The van der Waals surface area contributed by atoms with Crippen molar-refractivity contribution in [2.24, 2.45) is 5.92 Å². The molecule has 2 aromatic heterocycles. The van der Waals surface area contributed by atoms with Crippen molar-refractivity contribution >= 4 is 17.0 Å². The number of nitrogens with one attached hydrogen (secondary N) is 1. The van der Waals surface area contributed by atoms with Crippen molar-refractivity contribution in [2.45, 2.75) is 64.5 Å². The smallest absolute Gasteiger partial charge is 0.407 e. The lowest BCUT2D eigenvalue weighted by Crippen LogP contribution is -2.32. The predicted octanol–water partition coefficient (Wildman–Crippen LogP) is 5.42. The van der Waals surface area contributed by atoms with E-state index in [1.54, 1.807) is 12.4 Å². The molecule has 0 saturated heterocycles. The first-order valence-electron chi connectivity index (χ1n) is 11.7. The van der Waals surface area contributed by atoms with E-state index in [1.807, 2.05) is 18.2 Å². The molecule has 0 atom stereocenters. The van der Waals surface area contributed by atoms with Gasteiger partial charge in [0.25, 0.3) is 6.43 Å². The van der Waals surface area contributed by atoms with Gasteiger partial charge in [0, 0.05) is 29.9 Å². The lowest BCUT2D eigenvalue weighted by atomic mass is 9.86. The zero-order chi connectivity index (χ0) is 23.2. The Kier molecular flexibility index (Phi) is 7.57. The van der Waals surface area contributed by atoms with Crippen molar-refractivity contribution in [3.05, 3.63) is 36.8 Å². The van der Waals surface area contributed by atoms with Crippen LogP contribution in [0, 0.1) is 5.92 Å². The molecule has 0 unspecified atom stereocenters. The topological polar surface area (TPSA) is 74.0 Å². The molecule has 0 radical (unpaired) electrons. The molecule has 0 aliphatic heterocycles. The van der Waals surface area contributed by atoms with E-state index >= 15 is 0 Å². The van der Waals surface area contributed by atoms with Crippen molar-refractivity contribution in [2.75, 3.05) is 13.2 Å². The number of nitrogens with zero attached hydrogens (tertiary/aromatic N) is 4. The molecule has 1 aliphatic rings. The van der Waals surface area contributed by atoms with E-state index in [9.17, 15) is 13.6 Å². The van der Waals surface area contributed by atoms with Gasteiger partial charge >= 0.3 is 6.09 Å².